The molecule has 3 heterocycles. The zero-order valence-electron chi connectivity index (χ0n) is 23.8. The van der Waals surface area contributed by atoms with Gasteiger partial charge in [0, 0.05) is 35.3 Å². The van der Waals surface area contributed by atoms with Crippen molar-refractivity contribution in [3.05, 3.63) is 77.8 Å². The number of hydrogen-bond donors (Lipinski definition) is 4. The van der Waals surface area contributed by atoms with Crippen LogP contribution in [0.15, 0.2) is 61.1 Å². The molecule has 5 aromatic rings. The van der Waals surface area contributed by atoms with Gasteiger partial charge in [-0.25, -0.2) is 4.39 Å². The number of aryl methyl sites for hydroxylation is 1. The Hall–Kier alpha value is -4.73. The van der Waals surface area contributed by atoms with E-state index >= 15 is 0 Å². The van der Waals surface area contributed by atoms with Gasteiger partial charge in [-0.05, 0) is 42.5 Å². The van der Waals surface area contributed by atoms with Gasteiger partial charge in [0.2, 0.25) is 11.9 Å². The Bertz CT molecular complexity index is 1740. The van der Waals surface area contributed by atoms with Crippen molar-refractivity contribution in [2.24, 2.45) is 0 Å². The van der Waals surface area contributed by atoms with Gasteiger partial charge < -0.3 is 20.9 Å². The van der Waals surface area contributed by atoms with Crippen LogP contribution in [-0.4, -0.2) is 37.0 Å². The Labute approximate surface area is 238 Å². The third kappa shape index (κ3) is 5.77. The highest BCUT2D eigenvalue weighted by Gasteiger charge is 2.17. The first kappa shape index (κ1) is 27.8. The highest BCUT2D eigenvalue weighted by molar-refractivity contribution is 6.07. The van der Waals surface area contributed by atoms with Crippen molar-refractivity contribution < 1.29 is 9.18 Å². The molecule has 3 aromatic heterocycles. The number of hydrogen-bond acceptors (Lipinski definition) is 6. The van der Waals surface area contributed by atoms with E-state index in [2.05, 4.69) is 72.4 Å². The topological polar surface area (TPSA) is 112 Å². The molecule has 0 radical (unpaired) electrons. The maximum Gasteiger partial charge on any atom is 0.283 e. The second-order valence-corrected chi connectivity index (χ2v) is 10.4. The van der Waals surface area contributed by atoms with Gasteiger partial charge in [0.25, 0.3) is 5.91 Å². The number of nitrogens with one attached hydrogen (secondary N) is 4. The highest BCUT2D eigenvalue weighted by Crippen LogP contribution is 2.32. The van der Waals surface area contributed by atoms with Crippen molar-refractivity contribution in [3.8, 4) is 11.3 Å². The number of amides is 1. The molecule has 4 N–H and O–H groups in total. The minimum atomic E-state index is -1.04. The zero-order valence-corrected chi connectivity index (χ0v) is 23.8. The number of nitrogens with zero attached hydrogens (tertiary/aromatic N) is 4. The molecule has 0 spiro atoms. The van der Waals surface area contributed by atoms with Gasteiger partial charge in [0.1, 0.15) is 0 Å². The summed E-state index contributed by atoms with van der Waals surface area (Å²) in [5, 5.41) is 14.9. The predicted octanol–water partition coefficient (Wildman–Crippen LogP) is 6.95. The molecular formula is C31H35FN8O. The summed E-state index contributed by atoms with van der Waals surface area (Å²) in [6, 6.07) is 13.6. The van der Waals surface area contributed by atoms with Crippen molar-refractivity contribution in [3.63, 3.8) is 0 Å². The average Bonchev–Trinajstić information content (AvgIpc) is 3.57. The number of aromatic nitrogens is 5. The van der Waals surface area contributed by atoms with Gasteiger partial charge in [-0.3, -0.25) is 4.79 Å². The Balaban J connectivity index is 1.50. The summed E-state index contributed by atoms with van der Waals surface area (Å²) in [6.07, 6.45) is 3.96. The van der Waals surface area contributed by atoms with Crippen LogP contribution in [0.3, 0.4) is 0 Å². The number of carbonyl (C=O) groups is 1. The first-order valence-electron chi connectivity index (χ1n) is 13.9. The molecule has 0 fully saturated rings. The zero-order chi connectivity index (χ0) is 29.1. The third-order valence-corrected chi connectivity index (χ3v) is 7.11. The maximum atomic E-state index is 13.4. The molecule has 0 aliphatic carbocycles. The van der Waals surface area contributed by atoms with Crippen LogP contribution < -0.4 is 16.0 Å². The molecule has 0 saturated heterocycles. The van der Waals surface area contributed by atoms with Crippen molar-refractivity contribution in [1.82, 2.24) is 24.6 Å². The molecule has 10 heteroatoms. The van der Waals surface area contributed by atoms with E-state index in [0.29, 0.717) is 29.6 Å². The second kappa shape index (κ2) is 11.8. The van der Waals surface area contributed by atoms with E-state index < -0.39 is 11.7 Å². The van der Waals surface area contributed by atoms with Gasteiger partial charge in [-0.1, -0.05) is 64.1 Å². The van der Waals surface area contributed by atoms with E-state index in [9.17, 15) is 9.18 Å². The standard InChI is InChI=1S/C31H35FN8O/c1-6-7-14-33-30-38-28-23(18(2)3)17-35-40(28)31(39-30)34-16-24-19(4)10-8-12-22(24)26-15-21-11-9-13-25(27(21)36-26)37-29(41)20(5)32/h8-13,15,17-18,36H,5-7,14,16H2,1-4H3,(H,37,41)(H2,33,34,38,39). The molecule has 9 nitrogen and oxygen atoms in total. The maximum absolute atomic E-state index is 13.4. The lowest BCUT2D eigenvalue weighted by molar-refractivity contribution is -0.114. The normalized spacial score (nSPS) is 11.4. The lowest BCUT2D eigenvalue weighted by atomic mass is 9.99. The molecule has 212 valence electrons. The number of para-hydroxylation sites is 1. The van der Waals surface area contributed by atoms with E-state index in [4.69, 9.17) is 9.97 Å². The summed E-state index contributed by atoms with van der Waals surface area (Å²) in [7, 11) is 0. The number of fused-ring (bicyclic) bond motifs is 2. The van der Waals surface area contributed by atoms with Gasteiger partial charge >= 0.3 is 0 Å². The van der Waals surface area contributed by atoms with Gasteiger partial charge in [0.15, 0.2) is 11.5 Å². The Kier molecular flexibility index (Phi) is 8.00. The SMILES string of the molecule is C=C(F)C(=O)Nc1cccc2cc(-c3cccc(C)c3CNc3nc(NCCCC)nc4c(C(C)C)cnn34)[nH]c12. The van der Waals surface area contributed by atoms with Crippen LogP contribution >= 0.6 is 0 Å². The number of anilines is 3. The molecule has 0 bridgehead atoms. The molecule has 2 aromatic carbocycles. The van der Waals surface area contributed by atoms with E-state index in [1.54, 1.807) is 10.6 Å². The van der Waals surface area contributed by atoms with E-state index in [-0.39, 0.29) is 5.92 Å². The first-order chi connectivity index (χ1) is 19.8. The fourth-order valence-electron chi connectivity index (χ4n) is 4.82. The fourth-order valence-corrected chi connectivity index (χ4v) is 4.82. The van der Waals surface area contributed by atoms with Crippen LogP contribution in [0.5, 0.6) is 0 Å². The van der Waals surface area contributed by atoms with Gasteiger partial charge in [0.05, 0.1) is 17.4 Å². The molecular weight excluding hydrogens is 519 g/mol. The molecule has 0 unspecified atom stereocenters. The third-order valence-electron chi connectivity index (χ3n) is 7.11. The number of unbranched alkanes of at least 4 members (excludes halogenated alkanes) is 1. The minimum Gasteiger partial charge on any atom is -0.354 e. The molecule has 1 amide bonds. The molecule has 5 rings (SSSR count). The largest absolute Gasteiger partial charge is 0.354 e. The Morgan fingerprint density at radius 2 is 1.95 bits per heavy atom. The Morgan fingerprint density at radius 3 is 2.71 bits per heavy atom. The molecule has 41 heavy (non-hydrogen) atoms. The number of aromatic amines is 1. The van der Waals surface area contributed by atoms with Crippen molar-refractivity contribution in [1.29, 1.82) is 0 Å². The monoisotopic (exact) mass is 554 g/mol. The predicted molar refractivity (Wildman–Crippen MR) is 163 cm³/mol. The summed E-state index contributed by atoms with van der Waals surface area (Å²) in [5.74, 6) is -0.472. The van der Waals surface area contributed by atoms with Gasteiger partial charge in [-0.15, -0.1) is 0 Å². The molecule has 0 aliphatic rings. The summed E-state index contributed by atoms with van der Waals surface area (Å²) < 4.78 is 15.1. The number of benzene rings is 2. The smallest absolute Gasteiger partial charge is 0.283 e. The number of halogens is 1. The van der Waals surface area contributed by atoms with Crippen LogP contribution in [0.4, 0.5) is 22.0 Å². The molecule has 0 aliphatic heterocycles. The van der Waals surface area contributed by atoms with E-state index in [1.807, 2.05) is 30.5 Å². The number of rotatable bonds is 11. The van der Waals surface area contributed by atoms with Crippen molar-refractivity contribution in [2.45, 2.75) is 53.0 Å². The van der Waals surface area contributed by atoms with E-state index in [0.717, 1.165) is 58.4 Å². The summed E-state index contributed by atoms with van der Waals surface area (Å²) in [5.41, 5.74) is 7.07. The fraction of sp³-hybridized carbons (Fsp3) is 0.290. The van der Waals surface area contributed by atoms with Gasteiger partial charge in [-0.2, -0.15) is 19.6 Å². The number of H-pyrrole nitrogens is 1. The summed E-state index contributed by atoms with van der Waals surface area (Å²) >= 11 is 0. The number of carbonyl (C=O) groups excluding carboxylic acids is 1. The lowest BCUT2D eigenvalue weighted by Crippen LogP contribution is -2.13. The minimum absolute atomic E-state index is 0.265. The lowest BCUT2D eigenvalue weighted by Gasteiger charge is -2.15. The first-order valence-corrected chi connectivity index (χ1v) is 13.9. The molecule has 0 atom stereocenters. The highest BCUT2D eigenvalue weighted by atomic mass is 19.1. The second-order valence-electron chi connectivity index (χ2n) is 10.4. The van der Waals surface area contributed by atoms with Crippen LogP contribution in [0.1, 0.15) is 56.2 Å². The van der Waals surface area contributed by atoms with Crippen molar-refractivity contribution >= 4 is 40.0 Å². The van der Waals surface area contributed by atoms with E-state index in [1.165, 1.54) is 0 Å². The summed E-state index contributed by atoms with van der Waals surface area (Å²) in [6.45, 7) is 12.8. The summed E-state index contributed by atoms with van der Waals surface area (Å²) in [4.78, 5) is 24.9. The van der Waals surface area contributed by atoms with Crippen LogP contribution in [0, 0.1) is 6.92 Å². The van der Waals surface area contributed by atoms with Crippen molar-refractivity contribution in [2.75, 3.05) is 22.5 Å². The quantitative estimate of drug-likeness (QED) is 0.104. The average molecular weight is 555 g/mol. The molecule has 0 saturated carbocycles. The van der Waals surface area contributed by atoms with Crippen LogP contribution in [-0.2, 0) is 11.3 Å². The van der Waals surface area contributed by atoms with Crippen LogP contribution in [0.2, 0.25) is 0 Å². The Morgan fingerprint density at radius 1 is 1.15 bits per heavy atom. The van der Waals surface area contributed by atoms with Crippen LogP contribution in [0.25, 0.3) is 27.8 Å².